The number of para-hydroxylation sites is 3. The zero-order valence-corrected chi connectivity index (χ0v) is 47.0. The Labute approximate surface area is 502 Å². The van der Waals surface area contributed by atoms with Gasteiger partial charge < -0.3 is 23.3 Å². The van der Waals surface area contributed by atoms with Gasteiger partial charge in [0.2, 0.25) is 10.6 Å². The first-order valence-corrected chi connectivity index (χ1v) is 28.3. The molecule has 11 nitrogen and oxygen atoms in total. The summed E-state index contributed by atoms with van der Waals surface area (Å²) in [5.74, 6) is 2.33. The number of benzene rings is 11. The Balaban J connectivity index is 0.000000148. The summed E-state index contributed by atoms with van der Waals surface area (Å²) in [4.78, 5) is 26.7. The SMILES string of the molecule is Clc1nc(Cl)nc(-c2ccccc2)n1.OB(O)c1cccc(-c2ccc3oc4ccccc4c3c2)c1.c1ccc(-c2nc(-c3cccc(-c4ccc5oc6ccccc6c5c4)c3)nc(-c3cccc(-c4ccc5oc6ccccc6c5c4)c3)n2)cc1. The molecule has 0 bridgehead atoms. The molecule has 14 heteroatoms. The predicted octanol–water partition coefficient (Wildman–Crippen LogP) is 17.8. The summed E-state index contributed by atoms with van der Waals surface area (Å²) >= 11 is 11.3. The highest BCUT2D eigenvalue weighted by Crippen LogP contribution is 2.37. The van der Waals surface area contributed by atoms with Gasteiger partial charge in [-0.05, 0) is 129 Å². The van der Waals surface area contributed by atoms with Crippen molar-refractivity contribution in [2.45, 2.75) is 0 Å². The number of halogens is 2. The molecule has 0 amide bonds. The van der Waals surface area contributed by atoms with Crippen molar-refractivity contribution in [2.24, 2.45) is 0 Å². The highest BCUT2D eigenvalue weighted by atomic mass is 35.5. The van der Waals surface area contributed by atoms with E-state index in [1.54, 1.807) is 12.1 Å². The van der Waals surface area contributed by atoms with Gasteiger partial charge in [-0.25, -0.2) is 15.0 Å². The smallest absolute Gasteiger partial charge is 0.456 e. The maximum atomic E-state index is 9.32. The van der Waals surface area contributed by atoms with E-state index in [0.717, 1.165) is 121 Å². The second kappa shape index (κ2) is 23.2. The average Bonchev–Trinajstić information content (AvgIpc) is 2.62. The predicted molar refractivity (Wildman–Crippen MR) is 346 cm³/mol. The van der Waals surface area contributed by atoms with E-state index >= 15 is 0 Å². The molecular weight excluding hydrogens is 1110 g/mol. The molecule has 5 heterocycles. The van der Waals surface area contributed by atoms with Crippen LogP contribution in [0.4, 0.5) is 0 Å². The van der Waals surface area contributed by atoms with Crippen molar-refractivity contribution in [1.82, 2.24) is 29.9 Å². The van der Waals surface area contributed by atoms with Crippen molar-refractivity contribution >= 4 is 102 Å². The Kier molecular flexibility index (Phi) is 14.4. The quantitative estimate of drug-likeness (QED) is 0.140. The second-order valence-electron chi connectivity index (χ2n) is 20.3. The van der Waals surface area contributed by atoms with Crippen LogP contribution in [0.15, 0.2) is 274 Å². The standard InChI is InChI=1S/C45H27N3O2.C18H13BO3.C9H5Cl2N3/c1-2-10-28(11-3-1)43-46-44(33-14-8-12-29(24-33)31-20-22-41-37(26-31)35-16-4-6-18-39(35)49-41)48-45(47-43)34-15-9-13-30(25-34)32-21-23-42-38(27-32)36-17-5-7-19-40(36)50-42;20-19(21)14-5-3-4-12(10-14)13-8-9-18-16(11-13)15-6-1-2-7-17(15)22-18;10-8-12-7(13-9(11)14-8)6-4-2-1-3-5-6/h1-27H;1-11,20-21H;1-5H. The lowest BCUT2D eigenvalue weighted by Gasteiger charge is -2.11. The maximum Gasteiger partial charge on any atom is 0.488 e. The molecule has 0 fully saturated rings. The summed E-state index contributed by atoms with van der Waals surface area (Å²) < 4.78 is 18.0. The first-order chi connectivity index (χ1) is 42.2. The molecule has 16 aromatic rings. The molecule has 0 aliphatic rings. The Morgan fingerprint density at radius 3 is 0.953 bits per heavy atom. The van der Waals surface area contributed by atoms with Gasteiger partial charge in [-0.2, -0.15) is 15.0 Å². The number of furan rings is 3. The average molecular weight is 1160 g/mol. The van der Waals surface area contributed by atoms with Crippen LogP contribution in [0.2, 0.25) is 10.6 Å². The molecule has 0 spiro atoms. The second-order valence-corrected chi connectivity index (χ2v) is 21.0. The number of fused-ring (bicyclic) bond motifs is 9. The first kappa shape index (κ1) is 53.4. The highest BCUT2D eigenvalue weighted by Gasteiger charge is 2.17. The van der Waals surface area contributed by atoms with Crippen LogP contribution in [0.5, 0.6) is 0 Å². The van der Waals surface area contributed by atoms with Crippen molar-refractivity contribution in [3.05, 3.63) is 271 Å². The van der Waals surface area contributed by atoms with Crippen molar-refractivity contribution in [1.29, 1.82) is 0 Å². The number of rotatable bonds is 8. The fourth-order valence-electron chi connectivity index (χ4n) is 10.7. The molecule has 0 saturated heterocycles. The Bertz CT molecular complexity index is 4980. The van der Waals surface area contributed by atoms with Gasteiger partial charge in [0.15, 0.2) is 23.3 Å². The van der Waals surface area contributed by atoms with E-state index in [2.05, 4.69) is 106 Å². The zero-order valence-electron chi connectivity index (χ0n) is 45.5. The van der Waals surface area contributed by atoms with Gasteiger partial charge in [0.1, 0.15) is 33.5 Å². The number of aromatic nitrogens is 6. The summed E-state index contributed by atoms with van der Waals surface area (Å²) in [5.41, 5.74) is 15.6. The molecule has 2 N–H and O–H groups in total. The molecule has 0 aliphatic carbocycles. The minimum Gasteiger partial charge on any atom is -0.456 e. The van der Waals surface area contributed by atoms with Gasteiger partial charge in [-0.1, -0.05) is 194 Å². The van der Waals surface area contributed by atoms with Crippen LogP contribution < -0.4 is 5.46 Å². The third-order valence-electron chi connectivity index (χ3n) is 14.8. The van der Waals surface area contributed by atoms with E-state index in [0.29, 0.717) is 28.8 Å². The van der Waals surface area contributed by atoms with Gasteiger partial charge in [-0.3, -0.25) is 0 Å². The lowest BCUT2D eigenvalue weighted by atomic mass is 9.79. The monoisotopic (exact) mass is 1150 g/mol. The number of hydrogen-bond acceptors (Lipinski definition) is 11. The van der Waals surface area contributed by atoms with Gasteiger partial charge in [0.05, 0.1) is 0 Å². The van der Waals surface area contributed by atoms with Gasteiger partial charge >= 0.3 is 7.12 Å². The van der Waals surface area contributed by atoms with Crippen LogP contribution in [-0.2, 0) is 0 Å². The summed E-state index contributed by atoms with van der Waals surface area (Å²) in [6, 6.07) is 86.5. The third-order valence-corrected chi connectivity index (χ3v) is 15.2. The van der Waals surface area contributed by atoms with Gasteiger partial charge in [-0.15, -0.1) is 0 Å². The van der Waals surface area contributed by atoms with E-state index < -0.39 is 7.12 Å². The molecule has 410 valence electrons. The minimum absolute atomic E-state index is 0.101. The van der Waals surface area contributed by atoms with Gasteiger partial charge in [0, 0.05) is 54.6 Å². The highest BCUT2D eigenvalue weighted by molar-refractivity contribution is 6.58. The number of hydrogen-bond donors (Lipinski definition) is 2. The summed E-state index contributed by atoms with van der Waals surface area (Å²) in [7, 11) is -1.46. The van der Waals surface area contributed by atoms with Crippen LogP contribution in [0, 0.1) is 0 Å². The van der Waals surface area contributed by atoms with E-state index in [1.165, 1.54) is 0 Å². The Morgan fingerprint density at radius 2 is 0.547 bits per heavy atom. The van der Waals surface area contributed by atoms with Crippen LogP contribution >= 0.6 is 23.2 Å². The normalized spacial score (nSPS) is 11.3. The van der Waals surface area contributed by atoms with E-state index in [-0.39, 0.29) is 10.6 Å². The molecule has 5 aromatic heterocycles. The maximum absolute atomic E-state index is 9.32. The minimum atomic E-state index is -1.46. The summed E-state index contributed by atoms with van der Waals surface area (Å²) in [5, 5.41) is 25.4. The van der Waals surface area contributed by atoms with E-state index in [4.69, 9.17) is 51.4 Å². The molecule has 11 aromatic carbocycles. The summed E-state index contributed by atoms with van der Waals surface area (Å²) in [6.45, 7) is 0. The van der Waals surface area contributed by atoms with Crippen LogP contribution in [0.1, 0.15) is 0 Å². The van der Waals surface area contributed by atoms with E-state index in [1.807, 2.05) is 158 Å². The van der Waals surface area contributed by atoms with Crippen LogP contribution in [-0.4, -0.2) is 47.1 Å². The largest absolute Gasteiger partial charge is 0.488 e. The van der Waals surface area contributed by atoms with Crippen molar-refractivity contribution < 1.29 is 23.3 Å². The zero-order chi connectivity index (χ0) is 58.1. The Hall–Kier alpha value is -10.6. The fraction of sp³-hybridized carbons (Fsp3) is 0. The van der Waals surface area contributed by atoms with Crippen molar-refractivity contribution in [3.8, 4) is 78.9 Å². The number of nitrogens with zero attached hydrogens (tertiary/aromatic N) is 6. The van der Waals surface area contributed by atoms with Crippen LogP contribution in [0.25, 0.3) is 145 Å². The molecule has 0 unspecified atom stereocenters. The fourth-order valence-corrected chi connectivity index (χ4v) is 11.0. The first-order valence-electron chi connectivity index (χ1n) is 27.6. The van der Waals surface area contributed by atoms with Crippen molar-refractivity contribution in [2.75, 3.05) is 0 Å². The Morgan fingerprint density at radius 1 is 0.244 bits per heavy atom. The van der Waals surface area contributed by atoms with Gasteiger partial charge in [0.25, 0.3) is 0 Å². The molecule has 0 atom stereocenters. The van der Waals surface area contributed by atoms with E-state index in [9.17, 15) is 10.0 Å². The molecule has 16 rings (SSSR count). The molecule has 0 saturated carbocycles. The van der Waals surface area contributed by atoms with Crippen LogP contribution in [0.3, 0.4) is 0 Å². The van der Waals surface area contributed by atoms with Crippen molar-refractivity contribution in [3.63, 3.8) is 0 Å². The molecule has 0 aliphatic heterocycles. The molecule has 86 heavy (non-hydrogen) atoms. The lowest BCUT2D eigenvalue weighted by Crippen LogP contribution is -2.29. The topological polar surface area (TPSA) is 157 Å². The third kappa shape index (κ3) is 11.0. The molecular formula is C72H45BCl2N6O5. The molecule has 0 radical (unpaired) electrons. The summed E-state index contributed by atoms with van der Waals surface area (Å²) in [6.07, 6.45) is 0. The lowest BCUT2D eigenvalue weighted by molar-refractivity contribution is 0.426.